The highest BCUT2D eigenvalue weighted by Crippen LogP contribution is 2.33. The molecule has 1 atom stereocenters. The summed E-state index contributed by atoms with van der Waals surface area (Å²) in [5.74, 6) is 1.20. The summed E-state index contributed by atoms with van der Waals surface area (Å²) in [6, 6.07) is 22.1. The topological polar surface area (TPSA) is 51.2 Å². The number of hydrogen-bond donors (Lipinski definition) is 1. The Morgan fingerprint density at radius 2 is 1.58 bits per heavy atom. The zero-order valence-electron chi connectivity index (χ0n) is 17.2. The summed E-state index contributed by atoms with van der Waals surface area (Å²) in [5.41, 5.74) is 3.08. The number of rotatable bonds is 10. The molecule has 0 unspecified atom stereocenters. The Morgan fingerprint density at radius 3 is 2.39 bits per heavy atom. The van der Waals surface area contributed by atoms with Gasteiger partial charge in [0.2, 0.25) is 6.79 Å². The van der Waals surface area contributed by atoms with E-state index in [1.807, 2.05) is 48.5 Å². The Balaban J connectivity index is 1.38. The highest BCUT2D eigenvalue weighted by Gasteiger charge is 2.17. The van der Waals surface area contributed by atoms with Crippen LogP contribution in [-0.2, 0) is 24.4 Å². The van der Waals surface area contributed by atoms with Crippen LogP contribution in [0.1, 0.15) is 16.7 Å². The SMILES string of the molecule is O[C@@H](COCc1ccccc1)CN(Cc1ccc(F)cc1)Cc1ccc2c(c1)OCO2. The molecule has 0 radical (unpaired) electrons. The Labute approximate surface area is 181 Å². The quantitative estimate of drug-likeness (QED) is 0.531. The second-order valence-corrected chi connectivity index (χ2v) is 7.64. The summed E-state index contributed by atoms with van der Waals surface area (Å²) >= 11 is 0. The fraction of sp³-hybridized carbons (Fsp3) is 0.280. The second kappa shape index (κ2) is 10.4. The van der Waals surface area contributed by atoms with Crippen LogP contribution >= 0.6 is 0 Å². The van der Waals surface area contributed by atoms with Gasteiger partial charge in [0.25, 0.3) is 0 Å². The van der Waals surface area contributed by atoms with Crippen LogP contribution in [-0.4, -0.2) is 36.1 Å². The number of ether oxygens (including phenoxy) is 3. The molecule has 0 saturated carbocycles. The van der Waals surface area contributed by atoms with E-state index in [2.05, 4.69) is 4.90 Å². The van der Waals surface area contributed by atoms with Crippen molar-refractivity contribution in [2.45, 2.75) is 25.8 Å². The van der Waals surface area contributed by atoms with Gasteiger partial charge in [0.1, 0.15) is 5.82 Å². The highest BCUT2D eigenvalue weighted by atomic mass is 19.1. The normalized spacial score (nSPS) is 13.5. The average Bonchev–Trinajstić information content (AvgIpc) is 3.24. The van der Waals surface area contributed by atoms with Crippen molar-refractivity contribution in [3.63, 3.8) is 0 Å². The van der Waals surface area contributed by atoms with Crippen molar-refractivity contribution in [2.24, 2.45) is 0 Å². The van der Waals surface area contributed by atoms with Crippen molar-refractivity contribution in [1.29, 1.82) is 0 Å². The van der Waals surface area contributed by atoms with Gasteiger partial charge in [-0.15, -0.1) is 0 Å². The fourth-order valence-electron chi connectivity index (χ4n) is 3.57. The molecule has 0 spiro atoms. The first-order valence-electron chi connectivity index (χ1n) is 10.3. The van der Waals surface area contributed by atoms with Crippen LogP contribution in [0.3, 0.4) is 0 Å². The molecule has 1 aliphatic heterocycles. The van der Waals surface area contributed by atoms with Crippen molar-refractivity contribution in [2.75, 3.05) is 19.9 Å². The third kappa shape index (κ3) is 6.28. The maximum Gasteiger partial charge on any atom is 0.231 e. The molecule has 0 fully saturated rings. The summed E-state index contributed by atoms with van der Waals surface area (Å²) in [6.45, 7) is 2.51. The summed E-state index contributed by atoms with van der Waals surface area (Å²) in [4.78, 5) is 2.11. The first-order valence-corrected chi connectivity index (χ1v) is 10.3. The number of halogens is 1. The monoisotopic (exact) mass is 423 g/mol. The van der Waals surface area contributed by atoms with Crippen LogP contribution in [0, 0.1) is 5.82 Å². The van der Waals surface area contributed by atoms with E-state index in [9.17, 15) is 9.50 Å². The van der Waals surface area contributed by atoms with Crippen LogP contribution in [0.25, 0.3) is 0 Å². The van der Waals surface area contributed by atoms with Gasteiger partial charge in [-0.2, -0.15) is 0 Å². The molecule has 31 heavy (non-hydrogen) atoms. The number of aliphatic hydroxyl groups is 1. The first kappa shape index (κ1) is 21.3. The first-order chi connectivity index (χ1) is 15.2. The molecule has 0 aliphatic carbocycles. The van der Waals surface area contributed by atoms with Gasteiger partial charge in [-0.1, -0.05) is 48.5 Å². The lowest BCUT2D eigenvalue weighted by Gasteiger charge is -2.25. The molecule has 0 amide bonds. The van der Waals surface area contributed by atoms with Crippen molar-refractivity contribution in [3.05, 3.63) is 95.3 Å². The minimum absolute atomic E-state index is 0.232. The molecule has 1 N–H and O–H groups in total. The number of aliphatic hydroxyl groups excluding tert-OH is 1. The van der Waals surface area contributed by atoms with Crippen molar-refractivity contribution in [3.8, 4) is 11.5 Å². The molecule has 6 heteroatoms. The molecule has 0 saturated heterocycles. The van der Waals surface area contributed by atoms with Crippen molar-refractivity contribution in [1.82, 2.24) is 4.90 Å². The average molecular weight is 423 g/mol. The molecular formula is C25H26FNO4. The second-order valence-electron chi connectivity index (χ2n) is 7.64. The van der Waals surface area contributed by atoms with Gasteiger partial charge in [0, 0.05) is 19.6 Å². The van der Waals surface area contributed by atoms with E-state index < -0.39 is 6.10 Å². The molecule has 3 aromatic rings. The van der Waals surface area contributed by atoms with Gasteiger partial charge >= 0.3 is 0 Å². The predicted octanol–water partition coefficient (Wildman–Crippen LogP) is 4.13. The molecule has 0 aromatic heterocycles. The maximum absolute atomic E-state index is 13.3. The van der Waals surface area contributed by atoms with E-state index in [1.165, 1.54) is 12.1 Å². The smallest absolute Gasteiger partial charge is 0.231 e. The molecule has 0 bridgehead atoms. The predicted molar refractivity (Wildman–Crippen MR) is 115 cm³/mol. The Bertz CT molecular complexity index is 965. The van der Waals surface area contributed by atoms with E-state index in [4.69, 9.17) is 14.2 Å². The minimum Gasteiger partial charge on any atom is -0.454 e. The lowest BCUT2D eigenvalue weighted by molar-refractivity contribution is 0.00712. The number of fused-ring (bicyclic) bond motifs is 1. The van der Waals surface area contributed by atoms with Gasteiger partial charge < -0.3 is 19.3 Å². The van der Waals surface area contributed by atoms with Crippen molar-refractivity contribution >= 4 is 0 Å². The van der Waals surface area contributed by atoms with E-state index in [0.29, 0.717) is 26.2 Å². The fourth-order valence-corrected chi connectivity index (χ4v) is 3.57. The zero-order chi connectivity index (χ0) is 21.5. The van der Waals surface area contributed by atoms with Gasteiger partial charge in [0.05, 0.1) is 19.3 Å². The number of hydrogen-bond acceptors (Lipinski definition) is 5. The molecule has 162 valence electrons. The molecule has 1 heterocycles. The summed E-state index contributed by atoms with van der Waals surface area (Å²) in [5, 5.41) is 10.6. The highest BCUT2D eigenvalue weighted by molar-refractivity contribution is 5.44. The molecular weight excluding hydrogens is 397 g/mol. The summed E-state index contributed by atoms with van der Waals surface area (Å²) in [6.07, 6.45) is -0.654. The summed E-state index contributed by atoms with van der Waals surface area (Å²) in [7, 11) is 0. The van der Waals surface area contributed by atoms with Gasteiger partial charge in [0.15, 0.2) is 11.5 Å². The maximum atomic E-state index is 13.3. The van der Waals surface area contributed by atoms with Crippen LogP contribution in [0.4, 0.5) is 4.39 Å². The van der Waals surface area contributed by atoms with Gasteiger partial charge in [-0.25, -0.2) is 4.39 Å². The number of benzene rings is 3. The largest absolute Gasteiger partial charge is 0.454 e. The third-order valence-corrected chi connectivity index (χ3v) is 5.05. The van der Waals surface area contributed by atoms with Crippen molar-refractivity contribution < 1.29 is 23.7 Å². The van der Waals surface area contributed by atoms with Crippen LogP contribution in [0.15, 0.2) is 72.8 Å². The van der Waals surface area contributed by atoms with E-state index >= 15 is 0 Å². The van der Waals surface area contributed by atoms with Crippen LogP contribution in [0.5, 0.6) is 11.5 Å². The van der Waals surface area contributed by atoms with E-state index in [0.717, 1.165) is 28.2 Å². The van der Waals surface area contributed by atoms with Gasteiger partial charge in [-0.3, -0.25) is 4.90 Å². The lowest BCUT2D eigenvalue weighted by Crippen LogP contribution is -2.34. The Hall–Kier alpha value is -2.93. The molecule has 3 aromatic carbocycles. The standard InChI is InChI=1S/C25H26FNO4/c26-22-9-6-19(7-10-22)13-27(14-21-8-11-24-25(12-21)31-18-30-24)15-23(28)17-29-16-20-4-2-1-3-5-20/h1-12,23,28H,13-18H2/t23-/m1/s1. The summed E-state index contributed by atoms with van der Waals surface area (Å²) < 4.78 is 29.8. The van der Waals surface area contributed by atoms with E-state index in [1.54, 1.807) is 12.1 Å². The Kier molecular flexibility index (Phi) is 7.14. The number of nitrogens with zero attached hydrogens (tertiary/aromatic N) is 1. The van der Waals surface area contributed by atoms with Crippen LogP contribution < -0.4 is 9.47 Å². The molecule has 1 aliphatic rings. The van der Waals surface area contributed by atoms with Gasteiger partial charge in [-0.05, 0) is 41.0 Å². The molecule has 4 rings (SSSR count). The minimum atomic E-state index is -0.654. The molecule has 5 nitrogen and oxygen atoms in total. The zero-order valence-corrected chi connectivity index (χ0v) is 17.2. The van der Waals surface area contributed by atoms with Crippen LogP contribution in [0.2, 0.25) is 0 Å². The Morgan fingerprint density at radius 1 is 0.871 bits per heavy atom. The third-order valence-electron chi connectivity index (χ3n) is 5.05. The van der Waals surface area contributed by atoms with E-state index in [-0.39, 0.29) is 19.2 Å². The lowest BCUT2D eigenvalue weighted by atomic mass is 10.1.